The molecule has 0 spiro atoms. The molecule has 2 aromatic rings. The summed E-state index contributed by atoms with van der Waals surface area (Å²) < 4.78 is 0. The van der Waals surface area contributed by atoms with Crippen LogP contribution in [0.2, 0.25) is 0 Å². The highest BCUT2D eigenvalue weighted by Gasteiger charge is 2.51. The Morgan fingerprint density at radius 3 is 2.41 bits per heavy atom. The van der Waals surface area contributed by atoms with Crippen molar-refractivity contribution in [3.63, 3.8) is 0 Å². The van der Waals surface area contributed by atoms with Crippen LogP contribution in [0.5, 0.6) is 0 Å². The number of hydrogen-bond donors (Lipinski definition) is 2. The van der Waals surface area contributed by atoms with E-state index in [1.54, 1.807) is 0 Å². The molecule has 158 valence electrons. The fourth-order valence-electron chi connectivity index (χ4n) is 4.64. The van der Waals surface area contributed by atoms with Crippen molar-refractivity contribution in [1.82, 2.24) is 9.97 Å². The lowest BCUT2D eigenvalue weighted by molar-refractivity contribution is -0.0485. The Kier molecular flexibility index (Phi) is 6.35. The Morgan fingerprint density at radius 1 is 1.17 bits per heavy atom. The van der Waals surface area contributed by atoms with Crippen molar-refractivity contribution >= 4 is 23.3 Å². The molecule has 1 saturated carbocycles. The van der Waals surface area contributed by atoms with Crippen molar-refractivity contribution in [2.45, 2.75) is 53.5 Å². The molecular formula is C24H37N5. The molecule has 0 bridgehead atoms. The fraction of sp³-hybridized carbons (Fsp3) is 0.583. The summed E-state index contributed by atoms with van der Waals surface area (Å²) in [4.78, 5) is 11.5. The molecule has 1 aliphatic rings. The van der Waals surface area contributed by atoms with Crippen LogP contribution in [0.25, 0.3) is 0 Å². The predicted molar refractivity (Wildman–Crippen MR) is 124 cm³/mol. The number of nitrogens with zero attached hydrogens (tertiary/aromatic N) is 3. The summed E-state index contributed by atoms with van der Waals surface area (Å²) in [6, 6.07) is 12.5. The number of aromatic nitrogens is 2. The molecule has 2 N–H and O–H groups in total. The van der Waals surface area contributed by atoms with E-state index in [2.05, 4.69) is 56.3 Å². The molecule has 1 aliphatic carbocycles. The molecule has 0 aliphatic heterocycles. The van der Waals surface area contributed by atoms with Gasteiger partial charge < -0.3 is 15.5 Å². The highest BCUT2D eigenvalue weighted by atomic mass is 15.2. The molecular weight excluding hydrogens is 358 g/mol. The summed E-state index contributed by atoms with van der Waals surface area (Å²) in [6.07, 6.45) is 2.50. The molecule has 0 saturated heterocycles. The minimum Gasteiger partial charge on any atom is -0.367 e. The Balaban J connectivity index is 1.88. The maximum Gasteiger partial charge on any atom is 0.231 e. The molecule has 1 aromatic heterocycles. The Labute approximate surface area is 176 Å². The van der Waals surface area contributed by atoms with Gasteiger partial charge in [-0.15, -0.1) is 0 Å². The van der Waals surface area contributed by atoms with Crippen LogP contribution in [0, 0.1) is 23.2 Å². The van der Waals surface area contributed by atoms with Crippen LogP contribution in [0.15, 0.2) is 36.4 Å². The van der Waals surface area contributed by atoms with Gasteiger partial charge in [0.05, 0.1) is 0 Å². The van der Waals surface area contributed by atoms with Gasteiger partial charge >= 0.3 is 0 Å². The van der Waals surface area contributed by atoms with Crippen LogP contribution < -0.4 is 15.5 Å². The molecule has 3 rings (SSSR count). The smallest absolute Gasteiger partial charge is 0.231 e. The minimum atomic E-state index is 0.393. The van der Waals surface area contributed by atoms with Crippen molar-refractivity contribution in [1.29, 1.82) is 0 Å². The third-order valence-electron chi connectivity index (χ3n) is 7.01. The Bertz CT molecular complexity index is 804. The van der Waals surface area contributed by atoms with Crippen LogP contribution in [-0.2, 0) is 0 Å². The second-order valence-corrected chi connectivity index (χ2v) is 9.34. The van der Waals surface area contributed by atoms with E-state index < -0.39 is 0 Å². The van der Waals surface area contributed by atoms with Gasteiger partial charge in [-0.3, -0.25) is 0 Å². The zero-order chi connectivity index (χ0) is 21.2. The van der Waals surface area contributed by atoms with Crippen molar-refractivity contribution in [2.75, 3.05) is 29.6 Å². The van der Waals surface area contributed by atoms with Crippen molar-refractivity contribution in [2.24, 2.45) is 23.2 Å². The molecule has 4 atom stereocenters. The summed E-state index contributed by atoms with van der Waals surface area (Å²) in [5.41, 5.74) is 1.38. The Hall–Kier alpha value is -2.30. The first kappa shape index (κ1) is 21.4. The van der Waals surface area contributed by atoms with Gasteiger partial charge in [0, 0.05) is 31.9 Å². The van der Waals surface area contributed by atoms with Gasteiger partial charge in [-0.2, -0.15) is 9.97 Å². The molecule has 0 amide bonds. The largest absolute Gasteiger partial charge is 0.367 e. The molecule has 0 radical (unpaired) electrons. The zero-order valence-corrected chi connectivity index (χ0v) is 19.0. The molecule has 1 heterocycles. The van der Waals surface area contributed by atoms with E-state index in [1.165, 1.54) is 12.8 Å². The number of para-hydroxylation sites is 1. The third-order valence-corrected chi connectivity index (χ3v) is 7.01. The standard InChI is InChI=1S/C24H37N5/c1-8-24(5)17(4)14-19(24)22(16(2)3)26-20-15-21(29(6)7)28-23(27-20)25-18-12-10-9-11-13-18/h9-13,15-17,19,22H,8,14H2,1-7H3,(H2,25,26,27,28)/t17?,19?,22-,24?/m1/s1. The predicted octanol–water partition coefficient (Wildman–Crippen LogP) is 5.80. The minimum absolute atomic E-state index is 0.393. The first-order valence-electron chi connectivity index (χ1n) is 10.9. The van der Waals surface area contributed by atoms with E-state index in [0.717, 1.165) is 23.2 Å². The van der Waals surface area contributed by atoms with E-state index >= 15 is 0 Å². The van der Waals surface area contributed by atoms with Gasteiger partial charge in [0.15, 0.2) is 0 Å². The highest BCUT2D eigenvalue weighted by Crippen LogP contribution is 2.56. The van der Waals surface area contributed by atoms with E-state index in [1.807, 2.05) is 49.3 Å². The molecule has 29 heavy (non-hydrogen) atoms. The van der Waals surface area contributed by atoms with Crippen LogP contribution in [0.1, 0.15) is 47.5 Å². The van der Waals surface area contributed by atoms with Crippen molar-refractivity contribution in [3.8, 4) is 0 Å². The number of benzene rings is 1. The second-order valence-electron chi connectivity index (χ2n) is 9.34. The lowest BCUT2D eigenvalue weighted by atomic mass is 9.50. The summed E-state index contributed by atoms with van der Waals surface area (Å²) in [5.74, 6) is 4.36. The number of rotatable bonds is 8. The van der Waals surface area contributed by atoms with E-state index in [9.17, 15) is 0 Å². The van der Waals surface area contributed by atoms with Crippen LogP contribution in [0.4, 0.5) is 23.3 Å². The summed E-state index contributed by atoms with van der Waals surface area (Å²) in [7, 11) is 4.03. The van der Waals surface area contributed by atoms with Gasteiger partial charge in [-0.05, 0) is 41.7 Å². The quantitative estimate of drug-likeness (QED) is 0.592. The highest BCUT2D eigenvalue weighted by molar-refractivity contribution is 5.59. The Morgan fingerprint density at radius 2 is 1.86 bits per heavy atom. The first-order valence-corrected chi connectivity index (χ1v) is 10.9. The number of nitrogens with one attached hydrogen (secondary N) is 2. The number of anilines is 4. The molecule has 5 heteroatoms. The maximum atomic E-state index is 4.81. The van der Waals surface area contributed by atoms with E-state index in [-0.39, 0.29) is 0 Å². The monoisotopic (exact) mass is 395 g/mol. The maximum absolute atomic E-state index is 4.81. The van der Waals surface area contributed by atoms with Gasteiger partial charge in [0.2, 0.25) is 5.95 Å². The van der Waals surface area contributed by atoms with Crippen molar-refractivity contribution in [3.05, 3.63) is 36.4 Å². The van der Waals surface area contributed by atoms with Crippen LogP contribution in [0.3, 0.4) is 0 Å². The summed E-state index contributed by atoms with van der Waals surface area (Å²) in [5, 5.41) is 7.14. The van der Waals surface area contributed by atoms with E-state index in [0.29, 0.717) is 29.2 Å². The summed E-state index contributed by atoms with van der Waals surface area (Å²) in [6.45, 7) is 11.8. The molecule has 3 unspecified atom stereocenters. The topological polar surface area (TPSA) is 53.1 Å². The molecule has 1 fully saturated rings. The van der Waals surface area contributed by atoms with Gasteiger partial charge in [-0.25, -0.2) is 0 Å². The lowest BCUT2D eigenvalue weighted by Crippen LogP contribution is -2.54. The van der Waals surface area contributed by atoms with Crippen LogP contribution in [-0.4, -0.2) is 30.1 Å². The average Bonchev–Trinajstić information content (AvgIpc) is 2.70. The third kappa shape index (κ3) is 4.49. The fourth-order valence-corrected chi connectivity index (χ4v) is 4.64. The SMILES string of the molecule is CCC1(C)C(C)CC1[C@H](Nc1cc(N(C)C)nc(Nc2ccccc2)n1)C(C)C. The number of hydrogen-bond acceptors (Lipinski definition) is 5. The van der Waals surface area contributed by atoms with Crippen molar-refractivity contribution < 1.29 is 0 Å². The second kappa shape index (κ2) is 8.60. The molecule has 5 nitrogen and oxygen atoms in total. The lowest BCUT2D eigenvalue weighted by Gasteiger charge is -2.57. The van der Waals surface area contributed by atoms with Gasteiger partial charge in [0.25, 0.3) is 0 Å². The average molecular weight is 396 g/mol. The zero-order valence-electron chi connectivity index (χ0n) is 19.0. The van der Waals surface area contributed by atoms with Gasteiger partial charge in [0.1, 0.15) is 11.6 Å². The summed E-state index contributed by atoms with van der Waals surface area (Å²) >= 11 is 0. The van der Waals surface area contributed by atoms with E-state index in [4.69, 9.17) is 4.98 Å². The normalized spacial score (nSPS) is 24.7. The van der Waals surface area contributed by atoms with Gasteiger partial charge in [-0.1, -0.05) is 59.2 Å². The molecule has 1 aromatic carbocycles. The van der Waals surface area contributed by atoms with Crippen LogP contribution >= 0.6 is 0 Å². The first-order chi connectivity index (χ1) is 13.7.